The van der Waals surface area contributed by atoms with Gasteiger partial charge in [0, 0.05) is 12.8 Å². The molecule has 140 valence electrons. The average Bonchev–Trinajstić information content (AvgIpc) is 2.56. The van der Waals surface area contributed by atoms with Gasteiger partial charge in [0.05, 0.1) is 6.10 Å². The van der Waals surface area contributed by atoms with Crippen molar-refractivity contribution >= 4 is 5.78 Å². The fraction of sp³-hybridized carbons (Fsp3) is 0.435. The van der Waals surface area contributed by atoms with Crippen LogP contribution < -0.4 is 0 Å². The van der Waals surface area contributed by atoms with Crippen molar-refractivity contribution < 1.29 is 14.3 Å². The molecule has 0 radical (unpaired) electrons. The molecule has 2 nitrogen and oxygen atoms in total. The summed E-state index contributed by atoms with van der Waals surface area (Å²) in [6, 6.07) is 9.38. The molecule has 2 rings (SSSR count). The van der Waals surface area contributed by atoms with Crippen LogP contribution in [-0.2, 0) is 11.2 Å². The molecule has 0 saturated carbocycles. The van der Waals surface area contributed by atoms with Crippen LogP contribution in [0.1, 0.15) is 54.9 Å². The second-order valence-electron chi connectivity index (χ2n) is 7.26. The van der Waals surface area contributed by atoms with Crippen LogP contribution in [0.2, 0.25) is 0 Å². The van der Waals surface area contributed by atoms with Gasteiger partial charge in [-0.3, -0.25) is 4.79 Å². The van der Waals surface area contributed by atoms with Crippen LogP contribution in [0.5, 0.6) is 0 Å². The first-order chi connectivity index (χ1) is 12.3. The van der Waals surface area contributed by atoms with Crippen molar-refractivity contribution in [3.63, 3.8) is 0 Å². The smallest absolute Gasteiger partial charge is 0.135 e. The molecule has 2 aromatic carbocycles. The van der Waals surface area contributed by atoms with Gasteiger partial charge in [0.1, 0.15) is 11.6 Å². The number of hydrogen-bond acceptors (Lipinski definition) is 2. The van der Waals surface area contributed by atoms with E-state index in [2.05, 4.69) is 19.1 Å². The van der Waals surface area contributed by atoms with E-state index in [4.69, 9.17) is 0 Å². The minimum absolute atomic E-state index is 0.0900. The molecule has 0 heterocycles. The Morgan fingerprint density at radius 1 is 1.12 bits per heavy atom. The number of rotatable bonds is 8. The van der Waals surface area contributed by atoms with Gasteiger partial charge in [-0.25, -0.2) is 4.39 Å². The van der Waals surface area contributed by atoms with Crippen LogP contribution in [0.3, 0.4) is 0 Å². The minimum atomic E-state index is -0.536. The predicted molar refractivity (Wildman–Crippen MR) is 105 cm³/mol. The Balaban J connectivity index is 2.25. The van der Waals surface area contributed by atoms with Gasteiger partial charge in [0.15, 0.2) is 0 Å². The lowest BCUT2D eigenvalue weighted by molar-refractivity contribution is -0.120. The molecule has 0 spiro atoms. The molecule has 0 aliphatic rings. The van der Waals surface area contributed by atoms with Crippen molar-refractivity contribution in [2.75, 3.05) is 0 Å². The molecular weight excluding hydrogens is 327 g/mol. The third-order valence-electron chi connectivity index (χ3n) is 4.83. The molecular formula is C23H29FO2. The lowest BCUT2D eigenvalue weighted by Gasteiger charge is -2.16. The molecule has 0 aliphatic carbocycles. The maximum Gasteiger partial charge on any atom is 0.135 e. The molecule has 0 bridgehead atoms. The molecule has 2 aromatic rings. The van der Waals surface area contributed by atoms with E-state index in [0.717, 1.165) is 34.2 Å². The Labute approximate surface area is 156 Å². The van der Waals surface area contributed by atoms with Crippen molar-refractivity contribution in [1.82, 2.24) is 0 Å². The van der Waals surface area contributed by atoms with Crippen LogP contribution in [0.25, 0.3) is 11.1 Å². The number of aliphatic hydroxyl groups excluding tert-OH is 1. The number of benzene rings is 2. The first-order valence-electron chi connectivity index (χ1n) is 9.38. The zero-order chi connectivity index (χ0) is 19.3. The predicted octanol–water partition coefficient (Wildman–Crippen LogP) is 5.47. The van der Waals surface area contributed by atoms with E-state index in [-0.39, 0.29) is 18.0 Å². The largest absolute Gasteiger partial charge is 0.393 e. The first kappa shape index (κ1) is 20.3. The number of aryl methyl sites for hydroxylation is 3. The normalized spacial score (nSPS) is 12.2. The lowest BCUT2D eigenvalue weighted by atomic mass is 9.89. The Kier molecular flexibility index (Phi) is 7.10. The van der Waals surface area contributed by atoms with Crippen LogP contribution >= 0.6 is 0 Å². The van der Waals surface area contributed by atoms with Gasteiger partial charge < -0.3 is 5.11 Å². The van der Waals surface area contributed by atoms with E-state index in [1.807, 2.05) is 19.9 Å². The number of carbonyl (C=O) groups is 1. The van der Waals surface area contributed by atoms with Crippen molar-refractivity contribution in [1.29, 1.82) is 0 Å². The summed E-state index contributed by atoms with van der Waals surface area (Å²) >= 11 is 0. The fourth-order valence-corrected chi connectivity index (χ4v) is 3.46. The van der Waals surface area contributed by atoms with E-state index in [9.17, 15) is 14.3 Å². The highest BCUT2D eigenvalue weighted by atomic mass is 19.1. The molecule has 3 heteroatoms. The highest BCUT2D eigenvalue weighted by Gasteiger charge is 2.14. The number of halogens is 1. The van der Waals surface area contributed by atoms with Gasteiger partial charge in [0.2, 0.25) is 0 Å². The van der Waals surface area contributed by atoms with E-state index < -0.39 is 6.10 Å². The van der Waals surface area contributed by atoms with Gasteiger partial charge in [-0.15, -0.1) is 0 Å². The van der Waals surface area contributed by atoms with E-state index in [0.29, 0.717) is 24.8 Å². The van der Waals surface area contributed by atoms with Crippen LogP contribution in [0, 0.1) is 26.6 Å². The summed E-state index contributed by atoms with van der Waals surface area (Å²) in [5.74, 6) is -0.119. The van der Waals surface area contributed by atoms with Crippen LogP contribution in [-0.4, -0.2) is 17.0 Å². The summed E-state index contributed by atoms with van der Waals surface area (Å²) in [6.07, 6.45) is 2.28. The van der Waals surface area contributed by atoms with Crippen molar-refractivity contribution in [3.05, 3.63) is 58.4 Å². The van der Waals surface area contributed by atoms with Gasteiger partial charge in [-0.1, -0.05) is 37.1 Å². The summed E-state index contributed by atoms with van der Waals surface area (Å²) in [4.78, 5) is 12.2. The second kappa shape index (κ2) is 9.09. The Hall–Kier alpha value is -2.00. The Morgan fingerprint density at radius 2 is 1.85 bits per heavy atom. The zero-order valence-corrected chi connectivity index (χ0v) is 16.2. The van der Waals surface area contributed by atoms with Gasteiger partial charge >= 0.3 is 0 Å². The lowest BCUT2D eigenvalue weighted by Crippen LogP contribution is -2.14. The van der Waals surface area contributed by atoms with Gasteiger partial charge in [-0.2, -0.15) is 0 Å². The molecule has 1 atom stereocenters. The van der Waals surface area contributed by atoms with Crippen LogP contribution in [0.4, 0.5) is 4.39 Å². The number of aliphatic hydroxyl groups is 1. The summed E-state index contributed by atoms with van der Waals surface area (Å²) in [5.41, 5.74) is 6.07. The molecule has 0 aromatic heterocycles. The number of Topliss-reactive ketones (excluding diaryl/α,β-unsaturated/α-hetero) is 1. The third kappa shape index (κ3) is 5.25. The molecule has 0 aliphatic heterocycles. The van der Waals surface area contributed by atoms with Crippen molar-refractivity contribution in [2.24, 2.45) is 0 Å². The average molecular weight is 356 g/mol. The van der Waals surface area contributed by atoms with E-state index >= 15 is 0 Å². The maximum atomic E-state index is 13.6. The molecule has 0 fully saturated rings. The Bertz CT molecular complexity index is 780. The number of carbonyl (C=O) groups excluding carboxylic acids is 1. The summed E-state index contributed by atoms with van der Waals surface area (Å²) in [5, 5.41) is 9.84. The van der Waals surface area contributed by atoms with Gasteiger partial charge in [-0.05, 0) is 73.6 Å². The minimum Gasteiger partial charge on any atom is -0.393 e. The molecule has 0 saturated heterocycles. The highest BCUT2D eigenvalue weighted by molar-refractivity contribution is 5.80. The van der Waals surface area contributed by atoms with E-state index in [1.54, 1.807) is 13.0 Å². The summed E-state index contributed by atoms with van der Waals surface area (Å²) in [6.45, 7) is 7.86. The second-order valence-corrected chi connectivity index (χ2v) is 7.26. The molecule has 26 heavy (non-hydrogen) atoms. The van der Waals surface area contributed by atoms with Crippen molar-refractivity contribution in [3.8, 4) is 11.1 Å². The number of ketones is 1. The monoisotopic (exact) mass is 356 g/mol. The summed E-state index contributed by atoms with van der Waals surface area (Å²) < 4.78 is 13.6. The number of hydrogen-bond donors (Lipinski definition) is 1. The van der Waals surface area contributed by atoms with Crippen LogP contribution in [0.15, 0.2) is 30.3 Å². The molecule has 1 N–H and O–H groups in total. The first-order valence-corrected chi connectivity index (χ1v) is 9.38. The van der Waals surface area contributed by atoms with Crippen molar-refractivity contribution in [2.45, 2.75) is 65.9 Å². The topological polar surface area (TPSA) is 37.3 Å². The Morgan fingerprint density at radius 3 is 2.50 bits per heavy atom. The third-order valence-corrected chi connectivity index (χ3v) is 4.83. The fourth-order valence-electron chi connectivity index (χ4n) is 3.46. The maximum absolute atomic E-state index is 13.6. The molecule has 1 unspecified atom stereocenters. The highest BCUT2D eigenvalue weighted by Crippen LogP contribution is 2.30. The van der Waals surface area contributed by atoms with Gasteiger partial charge in [0.25, 0.3) is 0 Å². The summed E-state index contributed by atoms with van der Waals surface area (Å²) in [7, 11) is 0. The quantitative estimate of drug-likeness (QED) is 0.681. The molecule has 0 amide bonds. The SMILES string of the molecule is CCCC(O)CC(=O)CCc1c(C)cc(C)cc1-c1ccc(F)c(C)c1. The standard InChI is InChI=1S/C23H29FO2/c1-5-6-19(25)14-20(26)8-9-21-16(3)11-15(2)12-22(21)18-7-10-23(24)17(4)13-18/h7,10-13,19,25H,5-6,8-9,14H2,1-4H3. The zero-order valence-electron chi connectivity index (χ0n) is 16.2. The van der Waals surface area contributed by atoms with E-state index in [1.165, 1.54) is 6.07 Å².